The van der Waals surface area contributed by atoms with Gasteiger partial charge in [-0.15, -0.1) is 0 Å². The molecule has 0 aromatic rings. The third-order valence-corrected chi connectivity index (χ3v) is 2.25. The van der Waals surface area contributed by atoms with E-state index in [9.17, 15) is 9.59 Å². The highest BCUT2D eigenvalue weighted by Crippen LogP contribution is 1.96. The number of hydrogen-bond donors (Lipinski definition) is 2. The van der Waals surface area contributed by atoms with Gasteiger partial charge in [-0.1, -0.05) is 6.92 Å². The smallest absolute Gasteiger partial charge is 0.317 e. The molecule has 0 aliphatic heterocycles. The van der Waals surface area contributed by atoms with Crippen LogP contribution in [0.3, 0.4) is 0 Å². The molecule has 0 spiro atoms. The number of aliphatic carboxylic acids is 1. The number of nitrogens with one attached hydrogen (secondary N) is 1. The lowest BCUT2D eigenvalue weighted by Gasteiger charge is -2.22. The Morgan fingerprint density at radius 3 is 2.40 bits per heavy atom. The van der Waals surface area contributed by atoms with Gasteiger partial charge in [0.15, 0.2) is 0 Å². The fourth-order valence-electron chi connectivity index (χ4n) is 1.04. The predicted molar refractivity (Wildman–Crippen MR) is 57.8 cm³/mol. The number of carbonyl (C=O) groups is 2. The van der Waals surface area contributed by atoms with Crippen molar-refractivity contribution in [2.75, 3.05) is 13.1 Å². The van der Waals surface area contributed by atoms with Gasteiger partial charge >= 0.3 is 12.0 Å². The highest BCUT2D eigenvalue weighted by Gasteiger charge is 2.13. The number of carbonyl (C=O) groups excluding carboxylic acids is 1. The van der Waals surface area contributed by atoms with Crippen molar-refractivity contribution in [2.24, 2.45) is 0 Å². The number of carboxylic acid groups (broad SMARTS) is 1. The van der Waals surface area contributed by atoms with Crippen LogP contribution < -0.4 is 5.32 Å². The quantitative estimate of drug-likeness (QED) is 0.703. The van der Waals surface area contributed by atoms with Gasteiger partial charge in [0.25, 0.3) is 0 Å². The summed E-state index contributed by atoms with van der Waals surface area (Å²) in [7, 11) is 0. The van der Waals surface area contributed by atoms with Gasteiger partial charge in [0.05, 0.1) is 6.42 Å². The molecule has 88 valence electrons. The molecule has 0 bridgehead atoms. The van der Waals surface area contributed by atoms with Crippen molar-refractivity contribution < 1.29 is 14.7 Å². The lowest BCUT2D eigenvalue weighted by molar-refractivity contribution is -0.137. The highest BCUT2D eigenvalue weighted by molar-refractivity contribution is 5.75. The standard InChI is InChI=1S/C10H20N2O3/c1-4-8(3)11-10(15)12(5-2)7-6-9(13)14/h8H,4-7H2,1-3H3,(H,11,15)(H,13,14). The lowest BCUT2D eigenvalue weighted by atomic mass is 10.3. The first-order valence-electron chi connectivity index (χ1n) is 5.28. The molecular formula is C10H20N2O3. The Morgan fingerprint density at radius 1 is 1.40 bits per heavy atom. The zero-order valence-corrected chi connectivity index (χ0v) is 9.62. The second-order valence-electron chi connectivity index (χ2n) is 3.48. The highest BCUT2D eigenvalue weighted by atomic mass is 16.4. The van der Waals surface area contributed by atoms with E-state index in [0.29, 0.717) is 6.54 Å². The summed E-state index contributed by atoms with van der Waals surface area (Å²) in [6.45, 7) is 6.52. The molecule has 15 heavy (non-hydrogen) atoms. The number of carboxylic acids is 1. The first-order chi connectivity index (χ1) is 7.01. The monoisotopic (exact) mass is 216 g/mol. The van der Waals surface area contributed by atoms with Crippen LogP contribution in [0, 0.1) is 0 Å². The minimum atomic E-state index is -0.884. The van der Waals surface area contributed by atoms with E-state index in [1.807, 2.05) is 20.8 Å². The van der Waals surface area contributed by atoms with Gasteiger partial charge in [-0.05, 0) is 20.3 Å². The molecule has 0 heterocycles. The Morgan fingerprint density at radius 2 is 2.00 bits per heavy atom. The Hall–Kier alpha value is -1.26. The van der Waals surface area contributed by atoms with E-state index in [0.717, 1.165) is 6.42 Å². The van der Waals surface area contributed by atoms with E-state index in [1.165, 1.54) is 4.90 Å². The number of nitrogens with zero attached hydrogens (tertiary/aromatic N) is 1. The van der Waals surface area contributed by atoms with Gasteiger partial charge in [-0.3, -0.25) is 4.79 Å². The van der Waals surface area contributed by atoms with Crippen molar-refractivity contribution in [3.63, 3.8) is 0 Å². The van der Waals surface area contributed by atoms with E-state index in [1.54, 1.807) is 0 Å². The third-order valence-electron chi connectivity index (χ3n) is 2.25. The SMILES string of the molecule is CCC(C)NC(=O)N(CC)CCC(=O)O. The normalized spacial score (nSPS) is 11.9. The van der Waals surface area contributed by atoms with Crippen LogP contribution in [0.4, 0.5) is 4.79 Å². The van der Waals surface area contributed by atoms with Crippen molar-refractivity contribution in [1.82, 2.24) is 10.2 Å². The number of rotatable bonds is 6. The molecule has 0 saturated carbocycles. The van der Waals surface area contributed by atoms with Gasteiger partial charge in [0, 0.05) is 19.1 Å². The Bertz CT molecular complexity index is 219. The second-order valence-corrected chi connectivity index (χ2v) is 3.48. The molecule has 5 nitrogen and oxygen atoms in total. The maximum absolute atomic E-state index is 11.6. The molecule has 1 atom stereocenters. The summed E-state index contributed by atoms with van der Waals surface area (Å²) in [5, 5.41) is 11.3. The van der Waals surface area contributed by atoms with Crippen molar-refractivity contribution in [3.8, 4) is 0 Å². The molecule has 0 rings (SSSR count). The average Bonchev–Trinajstić information content (AvgIpc) is 2.18. The minimum absolute atomic E-state index is 0.0121. The molecule has 0 aliphatic carbocycles. The zero-order chi connectivity index (χ0) is 11.8. The lowest BCUT2D eigenvalue weighted by Crippen LogP contribution is -2.44. The van der Waals surface area contributed by atoms with Crippen LogP contribution in [-0.4, -0.2) is 41.1 Å². The van der Waals surface area contributed by atoms with E-state index < -0.39 is 5.97 Å². The van der Waals surface area contributed by atoms with Crippen molar-refractivity contribution in [1.29, 1.82) is 0 Å². The van der Waals surface area contributed by atoms with E-state index in [2.05, 4.69) is 5.32 Å². The Balaban J connectivity index is 4.04. The first kappa shape index (κ1) is 13.7. The van der Waals surface area contributed by atoms with Crippen LogP contribution in [-0.2, 0) is 4.79 Å². The minimum Gasteiger partial charge on any atom is -0.481 e. The fourth-order valence-corrected chi connectivity index (χ4v) is 1.04. The summed E-state index contributed by atoms with van der Waals surface area (Å²) in [6, 6.07) is -0.0653. The first-order valence-corrected chi connectivity index (χ1v) is 5.28. The van der Waals surface area contributed by atoms with Crippen molar-refractivity contribution >= 4 is 12.0 Å². The van der Waals surface area contributed by atoms with E-state index in [-0.39, 0.29) is 25.0 Å². The Kier molecular flexibility index (Phi) is 6.49. The van der Waals surface area contributed by atoms with Crippen LogP contribution in [0.15, 0.2) is 0 Å². The van der Waals surface area contributed by atoms with Gasteiger partial charge in [-0.2, -0.15) is 0 Å². The molecule has 0 aliphatic rings. The summed E-state index contributed by atoms with van der Waals surface area (Å²) in [4.78, 5) is 23.4. The summed E-state index contributed by atoms with van der Waals surface area (Å²) >= 11 is 0. The summed E-state index contributed by atoms with van der Waals surface area (Å²) in [6.07, 6.45) is 0.851. The van der Waals surface area contributed by atoms with Crippen LogP contribution in [0.25, 0.3) is 0 Å². The van der Waals surface area contributed by atoms with Crippen LogP contribution in [0.2, 0.25) is 0 Å². The molecule has 0 radical (unpaired) electrons. The van der Waals surface area contributed by atoms with Crippen LogP contribution >= 0.6 is 0 Å². The van der Waals surface area contributed by atoms with Gasteiger partial charge in [0.2, 0.25) is 0 Å². The molecule has 1 unspecified atom stereocenters. The number of urea groups is 1. The summed E-state index contributed by atoms with van der Waals surface area (Å²) in [5.41, 5.74) is 0. The van der Waals surface area contributed by atoms with E-state index >= 15 is 0 Å². The molecular weight excluding hydrogens is 196 g/mol. The molecule has 0 aromatic carbocycles. The third kappa shape index (κ3) is 5.93. The van der Waals surface area contributed by atoms with Crippen molar-refractivity contribution in [3.05, 3.63) is 0 Å². The zero-order valence-electron chi connectivity index (χ0n) is 9.62. The van der Waals surface area contributed by atoms with Crippen LogP contribution in [0.5, 0.6) is 0 Å². The molecule has 2 N–H and O–H groups in total. The average molecular weight is 216 g/mol. The van der Waals surface area contributed by atoms with Crippen LogP contribution in [0.1, 0.15) is 33.6 Å². The van der Waals surface area contributed by atoms with Gasteiger partial charge in [0.1, 0.15) is 0 Å². The van der Waals surface area contributed by atoms with Gasteiger partial charge < -0.3 is 15.3 Å². The topological polar surface area (TPSA) is 69.6 Å². The molecule has 0 saturated heterocycles. The molecule has 0 fully saturated rings. The van der Waals surface area contributed by atoms with Gasteiger partial charge in [-0.25, -0.2) is 4.79 Å². The summed E-state index contributed by atoms with van der Waals surface area (Å²) in [5.74, 6) is -0.884. The number of hydrogen-bond acceptors (Lipinski definition) is 2. The largest absolute Gasteiger partial charge is 0.481 e. The van der Waals surface area contributed by atoms with Crippen molar-refractivity contribution in [2.45, 2.75) is 39.7 Å². The second kappa shape index (κ2) is 7.09. The molecule has 0 aromatic heterocycles. The predicted octanol–water partition coefficient (Wildman–Crippen LogP) is 1.29. The molecule has 2 amide bonds. The maximum Gasteiger partial charge on any atom is 0.317 e. The maximum atomic E-state index is 11.6. The van der Waals surface area contributed by atoms with E-state index in [4.69, 9.17) is 5.11 Å². The Labute approximate surface area is 90.5 Å². The molecule has 5 heteroatoms. The fraction of sp³-hybridized carbons (Fsp3) is 0.800. The number of amides is 2. The summed E-state index contributed by atoms with van der Waals surface area (Å²) < 4.78 is 0.